The molecule has 0 heterocycles. The first-order valence-corrected chi connectivity index (χ1v) is 8.35. The van der Waals surface area contributed by atoms with Crippen LogP contribution in [0.5, 0.6) is 11.5 Å². The zero-order valence-electron chi connectivity index (χ0n) is 15.0. The molecule has 0 spiro atoms. The van der Waals surface area contributed by atoms with Crippen molar-refractivity contribution in [1.82, 2.24) is 0 Å². The Hall–Kier alpha value is -2.80. The maximum Gasteiger partial charge on any atom is 0.163 e. The minimum absolute atomic E-state index is 0.0769. The Balaban J connectivity index is 2.06. The molecule has 0 atom stereocenters. The molecule has 2 aromatic rings. The zero-order chi connectivity index (χ0) is 18.2. The van der Waals surface area contributed by atoms with E-state index in [0.29, 0.717) is 43.1 Å². The van der Waals surface area contributed by atoms with Crippen LogP contribution >= 0.6 is 0 Å². The van der Waals surface area contributed by atoms with Crippen LogP contribution in [0.1, 0.15) is 46.8 Å². The van der Waals surface area contributed by atoms with E-state index in [9.17, 15) is 4.79 Å². The number of rotatable bonds is 8. The summed E-state index contributed by atoms with van der Waals surface area (Å²) in [4.78, 5) is 11.9. The molecule has 4 nitrogen and oxygen atoms in total. The molecule has 0 aliphatic heterocycles. The molecule has 0 bridgehead atoms. The highest BCUT2D eigenvalue weighted by atomic mass is 16.5. The second kappa shape index (κ2) is 8.89. The highest BCUT2D eigenvalue weighted by molar-refractivity contribution is 5.97. The number of benzene rings is 2. The van der Waals surface area contributed by atoms with E-state index in [-0.39, 0.29) is 5.78 Å². The summed E-state index contributed by atoms with van der Waals surface area (Å²) in [6.45, 7) is 6.52. The van der Waals surface area contributed by atoms with E-state index in [1.54, 1.807) is 18.2 Å². The van der Waals surface area contributed by atoms with Crippen molar-refractivity contribution in [2.24, 2.45) is 0 Å². The van der Waals surface area contributed by atoms with Crippen LogP contribution in [0.15, 0.2) is 36.4 Å². The van der Waals surface area contributed by atoms with Crippen molar-refractivity contribution < 1.29 is 14.3 Å². The van der Waals surface area contributed by atoms with E-state index in [0.717, 1.165) is 5.56 Å². The number of ether oxygens (including phenoxy) is 2. The second-order valence-electron chi connectivity index (χ2n) is 6.03. The van der Waals surface area contributed by atoms with Crippen molar-refractivity contribution in [2.75, 3.05) is 6.61 Å². The van der Waals surface area contributed by atoms with Crippen LogP contribution in [-0.4, -0.2) is 12.4 Å². The molecular weight excluding hydrogens is 314 g/mol. The Morgan fingerprint density at radius 3 is 2.56 bits per heavy atom. The predicted octanol–water partition coefficient (Wildman–Crippen LogP) is 4.77. The van der Waals surface area contributed by atoms with E-state index in [1.807, 2.05) is 6.07 Å². The van der Waals surface area contributed by atoms with Gasteiger partial charge in [-0.15, -0.1) is 0 Å². The SMILES string of the molecule is CC(=O)c1cc(OCc2ccc(C)c(C)c2)ccc1OCCCC#N. The minimum Gasteiger partial charge on any atom is -0.493 e. The summed E-state index contributed by atoms with van der Waals surface area (Å²) in [6, 6.07) is 13.6. The molecule has 0 N–H and O–H groups in total. The number of aryl methyl sites for hydroxylation is 2. The summed E-state index contributed by atoms with van der Waals surface area (Å²) in [5.74, 6) is 1.09. The number of nitriles is 1. The number of unbranched alkanes of at least 4 members (excludes halogenated alkanes) is 1. The highest BCUT2D eigenvalue weighted by Crippen LogP contribution is 2.26. The average Bonchev–Trinajstić information content (AvgIpc) is 2.60. The predicted molar refractivity (Wildman–Crippen MR) is 97.0 cm³/mol. The molecule has 0 aliphatic rings. The fourth-order valence-corrected chi connectivity index (χ4v) is 2.39. The molecule has 0 saturated heterocycles. The van der Waals surface area contributed by atoms with Gasteiger partial charge in [0.05, 0.1) is 18.2 Å². The first-order chi connectivity index (χ1) is 12.0. The number of nitrogens with zero attached hydrogens (tertiary/aromatic N) is 1. The minimum atomic E-state index is -0.0769. The van der Waals surface area contributed by atoms with Gasteiger partial charge in [-0.2, -0.15) is 5.26 Å². The molecule has 2 aromatic carbocycles. The maximum absolute atomic E-state index is 11.9. The molecular formula is C21H23NO3. The van der Waals surface area contributed by atoms with E-state index >= 15 is 0 Å². The van der Waals surface area contributed by atoms with Gasteiger partial charge in [0.2, 0.25) is 0 Å². The first kappa shape index (κ1) is 18.5. The Morgan fingerprint density at radius 2 is 1.88 bits per heavy atom. The lowest BCUT2D eigenvalue weighted by Gasteiger charge is -2.12. The van der Waals surface area contributed by atoms with Crippen molar-refractivity contribution in [3.63, 3.8) is 0 Å². The van der Waals surface area contributed by atoms with Crippen molar-refractivity contribution in [1.29, 1.82) is 5.26 Å². The van der Waals surface area contributed by atoms with E-state index in [4.69, 9.17) is 14.7 Å². The summed E-state index contributed by atoms with van der Waals surface area (Å²) in [7, 11) is 0. The molecule has 2 rings (SSSR count). The topological polar surface area (TPSA) is 59.3 Å². The maximum atomic E-state index is 11.9. The Labute approximate surface area is 149 Å². The van der Waals surface area contributed by atoms with Gasteiger partial charge in [0.15, 0.2) is 5.78 Å². The third-order valence-corrected chi connectivity index (χ3v) is 4.00. The van der Waals surface area contributed by atoms with Crippen LogP contribution in [-0.2, 0) is 6.61 Å². The zero-order valence-corrected chi connectivity index (χ0v) is 15.0. The van der Waals surface area contributed by atoms with Crippen molar-refractivity contribution >= 4 is 5.78 Å². The number of hydrogen-bond donors (Lipinski definition) is 0. The molecule has 4 heteroatoms. The number of carbonyl (C=O) groups is 1. The van der Waals surface area contributed by atoms with Gasteiger partial charge in [-0.25, -0.2) is 0 Å². The van der Waals surface area contributed by atoms with Crippen molar-refractivity contribution in [2.45, 2.75) is 40.2 Å². The van der Waals surface area contributed by atoms with Gasteiger partial charge in [0.25, 0.3) is 0 Å². The lowest BCUT2D eigenvalue weighted by Crippen LogP contribution is -2.04. The van der Waals surface area contributed by atoms with Crippen LogP contribution in [0.4, 0.5) is 0 Å². The largest absolute Gasteiger partial charge is 0.493 e. The van der Waals surface area contributed by atoms with Gasteiger partial charge in [0, 0.05) is 6.42 Å². The molecule has 0 fully saturated rings. The average molecular weight is 337 g/mol. The van der Waals surface area contributed by atoms with Crippen LogP contribution in [0.25, 0.3) is 0 Å². The van der Waals surface area contributed by atoms with Gasteiger partial charge in [-0.05, 0) is 62.1 Å². The molecule has 0 amide bonds. The van der Waals surface area contributed by atoms with Crippen LogP contribution in [0.2, 0.25) is 0 Å². The number of hydrogen-bond acceptors (Lipinski definition) is 4. The molecule has 25 heavy (non-hydrogen) atoms. The number of Topliss-reactive ketones (excluding diaryl/α,β-unsaturated/α-hetero) is 1. The third kappa shape index (κ3) is 5.36. The summed E-state index contributed by atoms with van der Waals surface area (Å²) in [5.41, 5.74) is 4.06. The van der Waals surface area contributed by atoms with Crippen LogP contribution in [0.3, 0.4) is 0 Å². The lowest BCUT2D eigenvalue weighted by atomic mass is 10.1. The van der Waals surface area contributed by atoms with E-state index in [1.165, 1.54) is 18.1 Å². The number of ketones is 1. The molecule has 0 unspecified atom stereocenters. The summed E-state index contributed by atoms with van der Waals surface area (Å²) < 4.78 is 11.4. The fraction of sp³-hybridized carbons (Fsp3) is 0.333. The van der Waals surface area contributed by atoms with Gasteiger partial charge in [-0.1, -0.05) is 18.2 Å². The van der Waals surface area contributed by atoms with Crippen molar-refractivity contribution in [3.05, 3.63) is 58.7 Å². The second-order valence-corrected chi connectivity index (χ2v) is 6.03. The van der Waals surface area contributed by atoms with Gasteiger partial charge < -0.3 is 9.47 Å². The van der Waals surface area contributed by atoms with Crippen molar-refractivity contribution in [3.8, 4) is 17.6 Å². The normalized spacial score (nSPS) is 10.2. The smallest absolute Gasteiger partial charge is 0.163 e. The van der Waals surface area contributed by atoms with Gasteiger partial charge >= 0.3 is 0 Å². The Bertz CT molecular complexity index is 790. The highest BCUT2D eigenvalue weighted by Gasteiger charge is 2.11. The first-order valence-electron chi connectivity index (χ1n) is 8.35. The Kier molecular flexibility index (Phi) is 6.59. The van der Waals surface area contributed by atoms with E-state index < -0.39 is 0 Å². The summed E-state index contributed by atoms with van der Waals surface area (Å²) >= 11 is 0. The molecule has 130 valence electrons. The van der Waals surface area contributed by atoms with Gasteiger partial charge in [-0.3, -0.25) is 4.79 Å². The fourth-order valence-electron chi connectivity index (χ4n) is 2.39. The van der Waals surface area contributed by atoms with Gasteiger partial charge in [0.1, 0.15) is 18.1 Å². The summed E-state index contributed by atoms with van der Waals surface area (Å²) in [6.07, 6.45) is 1.07. The number of carbonyl (C=O) groups excluding carboxylic acids is 1. The Morgan fingerprint density at radius 1 is 1.08 bits per heavy atom. The molecule has 0 aliphatic carbocycles. The van der Waals surface area contributed by atoms with E-state index in [2.05, 4.69) is 32.0 Å². The lowest BCUT2D eigenvalue weighted by molar-refractivity contribution is 0.101. The quantitative estimate of drug-likeness (QED) is 0.514. The molecule has 0 saturated carbocycles. The molecule has 0 aromatic heterocycles. The standard InChI is InChI=1S/C21H23NO3/c1-15-6-7-18(12-16(15)2)14-25-19-8-9-21(20(13-19)17(3)23)24-11-5-4-10-22/h6-9,12-13H,4-5,11,14H2,1-3H3. The van der Waals surface area contributed by atoms with Crippen LogP contribution in [0, 0.1) is 25.2 Å². The van der Waals surface area contributed by atoms with Crippen LogP contribution < -0.4 is 9.47 Å². The third-order valence-electron chi connectivity index (χ3n) is 4.00. The summed E-state index contributed by atoms with van der Waals surface area (Å²) in [5, 5.41) is 8.55. The monoisotopic (exact) mass is 337 g/mol. The molecule has 0 radical (unpaired) electrons.